The highest BCUT2D eigenvalue weighted by Gasteiger charge is 2.16. The molecule has 0 atom stereocenters. The number of hydrogen-bond acceptors (Lipinski definition) is 8. The van der Waals surface area contributed by atoms with Gasteiger partial charge in [0.2, 0.25) is 5.95 Å². The van der Waals surface area contributed by atoms with Gasteiger partial charge in [-0.2, -0.15) is 4.98 Å². The minimum Gasteiger partial charge on any atom is -0.486 e. The molecule has 3 aromatic carbocycles. The van der Waals surface area contributed by atoms with Gasteiger partial charge in [-0.05, 0) is 42.0 Å². The first-order valence-corrected chi connectivity index (χ1v) is 11.6. The van der Waals surface area contributed by atoms with E-state index in [4.69, 9.17) is 35.5 Å². The van der Waals surface area contributed by atoms with Crippen LogP contribution in [0.5, 0.6) is 23.0 Å². The minimum absolute atomic E-state index is 0.430. The quantitative estimate of drug-likeness (QED) is 0.363. The number of aromatic nitrogens is 2. The highest BCUT2D eigenvalue weighted by Crippen LogP contribution is 2.37. The molecule has 35 heavy (non-hydrogen) atoms. The van der Waals surface area contributed by atoms with Crippen LogP contribution in [0.1, 0.15) is 0 Å². The smallest absolute Gasteiger partial charge is 0.229 e. The number of hydrogen-bond donors (Lipinski definition) is 2. The molecule has 176 valence electrons. The van der Waals surface area contributed by atoms with Crippen molar-refractivity contribution < 1.29 is 18.9 Å². The molecule has 3 heterocycles. The van der Waals surface area contributed by atoms with Crippen molar-refractivity contribution in [3.63, 3.8) is 0 Å². The second-order valence-electron chi connectivity index (χ2n) is 7.93. The largest absolute Gasteiger partial charge is 0.486 e. The van der Waals surface area contributed by atoms with Gasteiger partial charge in [0.1, 0.15) is 32.2 Å². The van der Waals surface area contributed by atoms with Crippen molar-refractivity contribution in [2.45, 2.75) is 0 Å². The third-order valence-corrected chi connectivity index (χ3v) is 5.80. The van der Waals surface area contributed by atoms with Crippen molar-refractivity contribution >= 4 is 34.7 Å². The van der Waals surface area contributed by atoms with Crippen molar-refractivity contribution in [3.8, 4) is 34.1 Å². The van der Waals surface area contributed by atoms with Crippen molar-refractivity contribution in [1.82, 2.24) is 9.97 Å². The molecule has 4 aromatic rings. The van der Waals surface area contributed by atoms with Crippen molar-refractivity contribution in [2.75, 3.05) is 37.1 Å². The predicted octanol–water partition coefficient (Wildman–Crippen LogP) is 5.83. The molecule has 2 N–H and O–H groups in total. The van der Waals surface area contributed by atoms with Crippen molar-refractivity contribution in [1.29, 1.82) is 0 Å². The first kappa shape index (κ1) is 21.4. The number of fused-ring (bicyclic) bond motifs is 2. The predicted molar refractivity (Wildman–Crippen MR) is 134 cm³/mol. The van der Waals surface area contributed by atoms with E-state index < -0.39 is 0 Å². The molecule has 8 nitrogen and oxygen atoms in total. The average Bonchev–Trinajstić information content (AvgIpc) is 2.89. The average molecular weight is 489 g/mol. The van der Waals surface area contributed by atoms with E-state index in [0.717, 1.165) is 34.0 Å². The molecule has 0 saturated heterocycles. The van der Waals surface area contributed by atoms with Crippen molar-refractivity contribution in [3.05, 3.63) is 71.9 Å². The first-order chi connectivity index (χ1) is 17.2. The van der Waals surface area contributed by atoms with E-state index in [1.165, 1.54) is 0 Å². The van der Waals surface area contributed by atoms with Crippen LogP contribution >= 0.6 is 11.6 Å². The Labute approximate surface area is 206 Å². The summed E-state index contributed by atoms with van der Waals surface area (Å²) in [4.78, 5) is 9.32. The molecule has 2 aliphatic heterocycles. The molecule has 2 aliphatic rings. The zero-order valence-corrected chi connectivity index (χ0v) is 19.3. The zero-order valence-electron chi connectivity index (χ0n) is 18.6. The zero-order chi connectivity index (χ0) is 23.6. The van der Waals surface area contributed by atoms with Crippen LogP contribution < -0.4 is 29.6 Å². The van der Waals surface area contributed by atoms with Gasteiger partial charge in [-0.25, -0.2) is 4.98 Å². The molecule has 0 aliphatic carbocycles. The Balaban J connectivity index is 1.34. The van der Waals surface area contributed by atoms with Gasteiger partial charge in [0.25, 0.3) is 0 Å². The molecule has 0 unspecified atom stereocenters. The maximum atomic E-state index is 6.10. The Hall–Kier alpha value is -4.17. The summed E-state index contributed by atoms with van der Waals surface area (Å²) in [7, 11) is 0. The Morgan fingerprint density at radius 2 is 1.23 bits per heavy atom. The van der Waals surface area contributed by atoms with Gasteiger partial charge < -0.3 is 29.6 Å². The summed E-state index contributed by atoms with van der Waals surface area (Å²) >= 11 is 6.10. The van der Waals surface area contributed by atoms with Gasteiger partial charge in [0.05, 0.1) is 0 Å². The second kappa shape index (κ2) is 9.23. The Bertz CT molecular complexity index is 1380. The molecule has 9 heteroatoms. The number of benzene rings is 3. The van der Waals surface area contributed by atoms with E-state index in [9.17, 15) is 0 Å². The molecule has 0 bridgehead atoms. The van der Waals surface area contributed by atoms with Crippen LogP contribution in [0.3, 0.4) is 0 Å². The Kier molecular flexibility index (Phi) is 5.64. The molecule has 0 amide bonds. The van der Waals surface area contributed by atoms with Gasteiger partial charge >= 0.3 is 0 Å². The van der Waals surface area contributed by atoms with Gasteiger partial charge in [-0.15, -0.1) is 0 Å². The second-order valence-corrected chi connectivity index (χ2v) is 8.37. The summed E-state index contributed by atoms with van der Waals surface area (Å²) in [6.45, 7) is 2.13. The molecule has 0 spiro atoms. The molecular formula is C26H21ClN4O4. The van der Waals surface area contributed by atoms with E-state index >= 15 is 0 Å². The van der Waals surface area contributed by atoms with Gasteiger partial charge in [0.15, 0.2) is 23.0 Å². The molecule has 0 saturated carbocycles. The van der Waals surface area contributed by atoms with Crippen molar-refractivity contribution in [2.24, 2.45) is 0 Å². The summed E-state index contributed by atoms with van der Waals surface area (Å²) in [5, 5.41) is 7.32. The maximum Gasteiger partial charge on any atom is 0.229 e. The number of halogens is 1. The van der Waals surface area contributed by atoms with E-state index in [2.05, 4.69) is 15.6 Å². The van der Waals surface area contributed by atoms with Gasteiger partial charge in [0, 0.05) is 40.3 Å². The van der Waals surface area contributed by atoms with Crippen LogP contribution in [0, 0.1) is 0 Å². The summed E-state index contributed by atoms with van der Waals surface area (Å²) < 4.78 is 22.7. The minimum atomic E-state index is 0.430. The topological polar surface area (TPSA) is 86.8 Å². The summed E-state index contributed by atoms with van der Waals surface area (Å²) in [6, 6.07) is 18.9. The first-order valence-electron chi connectivity index (χ1n) is 11.2. The number of rotatable bonds is 5. The Morgan fingerprint density at radius 1 is 0.657 bits per heavy atom. The number of ether oxygens (including phenoxy) is 4. The lowest BCUT2D eigenvalue weighted by molar-refractivity contribution is 0.171. The van der Waals surface area contributed by atoms with E-state index in [1.54, 1.807) is 6.20 Å². The lowest BCUT2D eigenvalue weighted by Gasteiger charge is -2.20. The van der Waals surface area contributed by atoms with Crippen LogP contribution in [-0.2, 0) is 0 Å². The highest BCUT2D eigenvalue weighted by atomic mass is 35.5. The fraction of sp³-hybridized carbons (Fsp3) is 0.154. The maximum absolute atomic E-state index is 6.10. The molecule has 6 rings (SSSR count). The molecule has 1 aromatic heterocycles. The van der Waals surface area contributed by atoms with Crippen LogP contribution in [0.15, 0.2) is 66.9 Å². The van der Waals surface area contributed by atoms with E-state index in [-0.39, 0.29) is 0 Å². The summed E-state index contributed by atoms with van der Waals surface area (Å²) in [5.74, 6) is 3.88. The van der Waals surface area contributed by atoms with Crippen LogP contribution in [0.25, 0.3) is 11.1 Å². The fourth-order valence-corrected chi connectivity index (χ4v) is 4.01. The van der Waals surface area contributed by atoms with Crippen LogP contribution in [0.4, 0.5) is 23.1 Å². The SMILES string of the molecule is Clc1ccc(-c2cnc(Nc3ccc4c(c3)OCCO4)nc2Nc2ccc3c(c2)OCCO3)cc1. The molecule has 0 radical (unpaired) electrons. The number of nitrogens with one attached hydrogen (secondary N) is 2. The van der Waals surface area contributed by atoms with Gasteiger partial charge in [-0.1, -0.05) is 23.7 Å². The Morgan fingerprint density at radius 3 is 1.86 bits per heavy atom. The third kappa shape index (κ3) is 4.61. The van der Waals surface area contributed by atoms with E-state index in [0.29, 0.717) is 54.7 Å². The van der Waals surface area contributed by atoms with Gasteiger partial charge in [-0.3, -0.25) is 0 Å². The van der Waals surface area contributed by atoms with Crippen LogP contribution in [0.2, 0.25) is 5.02 Å². The molecule has 0 fully saturated rings. The van der Waals surface area contributed by atoms with E-state index in [1.807, 2.05) is 60.7 Å². The fourth-order valence-electron chi connectivity index (χ4n) is 3.89. The van der Waals surface area contributed by atoms with Crippen LogP contribution in [-0.4, -0.2) is 36.4 Å². The lowest BCUT2D eigenvalue weighted by atomic mass is 10.1. The monoisotopic (exact) mass is 488 g/mol. The highest BCUT2D eigenvalue weighted by molar-refractivity contribution is 6.30. The lowest BCUT2D eigenvalue weighted by Crippen LogP contribution is -2.15. The summed E-state index contributed by atoms with van der Waals surface area (Å²) in [5.41, 5.74) is 3.36. The standard InChI is InChI=1S/C26H21ClN4O4/c27-17-3-1-16(2-4-17)20-15-28-26(30-19-6-8-22-24(14-19)35-12-10-33-22)31-25(20)29-18-5-7-21-23(13-18)34-11-9-32-21/h1-8,13-15H,9-12H2,(H2,28,29,30,31). The normalized spacial score (nSPS) is 13.7. The summed E-state index contributed by atoms with van der Waals surface area (Å²) in [6.07, 6.45) is 1.77. The third-order valence-electron chi connectivity index (χ3n) is 5.55. The number of nitrogens with zero attached hydrogens (tertiary/aromatic N) is 2. The number of anilines is 4. The molecular weight excluding hydrogens is 468 g/mol.